The molecule has 0 spiro atoms. The number of amides is 1. The Bertz CT molecular complexity index is 502. The van der Waals surface area contributed by atoms with Gasteiger partial charge in [-0.3, -0.25) is 9.78 Å². The molecular formula is C14H16N2O2. The smallest absolute Gasteiger partial charge is 0.255 e. The molecule has 1 aliphatic heterocycles. The van der Waals surface area contributed by atoms with E-state index in [1.54, 1.807) is 18.5 Å². The van der Waals surface area contributed by atoms with Gasteiger partial charge in [0.25, 0.3) is 5.91 Å². The van der Waals surface area contributed by atoms with Crippen molar-refractivity contribution >= 4 is 5.91 Å². The van der Waals surface area contributed by atoms with E-state index in [1.165, 1.54) is 0 Å². The predicted octanol–water partition coefficient (Wildman–Crippen LogP) is 1.05. The van der Waals surface area contributed by atoms with Crippen LogP contribution in [0.1, 0.15) is 35.7 Å². The van der Waals surface area contributed by atoms with Gasteiger partial charge in [-0.15, -0.1) is 0 Å². The third-order valence-electron chi connectivity index (χ3n) is 3.11. The topological polar surface area (TPSA) is 53.4 Å². The summed E-state index contributed by atoms with van der Waals surface area (Å²) in [5, 5.41) is 8.64. The Morgan fingerprint density at radius 1 is 1.61 bits per heavy atom. The lowest BCUT2D eigenvalue weighted by Crippen LogP contribution is -2.33. The van der Waals surface area contributed by atoms with Crippen LogP contribution in [0.2, 0.25) is 0 Å². The molecule has 1 amide bonds. The number of hydrogen-bond donors (Lipinski definition) is 1. The zero-order chi connectivity index (χ0) is 13.0. The number of nitrogens with zero attached hydrogens (tertiary/aromatic N) is 2. The van der Waals surface area contributed by atoms with Crippen molar-refractivity contribution in [1.29, 1.82) is 0 Å². The van der Waals surface area contributed by atoms with Gasteiger partial charge in [0.05, 0.1) is 5.56 Å². The van der Waals surface area contributed by atoms with Crippen LogP contribution in [-0.2, 0) is 0 Å². The van der Waals surface area contributed by atoms with Crippen molar-refractivity contribution in [3.05, 3.63) is 29.6 Å². The van der Waals surface area contributed by atoms with Crippen LogP contribution in [0.5, 0.6) is 0 Å². The van der Waals surface area contributed by atoms with Gasteiger partial charge in [0, 0.05) is 30.5 Å². The van der Waals surface area contributed by atoms with Crippen molar-refractivity contribution in [2.45, 2.75) is 25.8 Å². The largest absolute Gasteiger partial charge is 0.384 e. The molecule has 1 N–H and O–H groups in total. The predicted molar refractivity (Wildman–Crippen MR) is 67.9 cm³/mol. The lowest BCUT2D eigenvalue weighted by molar-refractivity contribution is 0.0747. The molecule has 1 aromatic heterocycles. The van der Waals surface area contributed by atoms with Gasteiger partial charge in [-0.1, -0.05) is 11.8 Å². The van der Waals surface area contributed by atoms with Crippen molar-refractivity contribution in [2.24, 2.45) is 0 Å². The molecule has 1 fully saturated rings. The van der Waals surface area contributed by atoms with E-state index in [4.69, 9.17) is 5.11 Å². The molecule has 18 heavy (non-hydrogen) atoms. The lowest BCUT2D eigenvalue weighted by Gasteiger charge is -2.21. The zero-order valence-corrected chi connectivity index (χ0v) is 10.4. The minimum Gasteiger partial charge on any atom is -0.384 e. The van der Waals surface area contributed by atoms with Gasteiger partial charge in [-0.2, -0.15) is 0 Å². The Morgan fingerprint density at radius 2 is 2.44 bits per heavy atom. The van der Waals surface area contributed by atoms with Gasteiger partial charge in [0.15, 0.2) is 0 Å². The summed E-state index contributed by atoms with van der Waals surface area (Å²) in [6.45, 7) is 2.68. The quantitative estimate of drug-likeness (QED) is 0.751. The molecule has 0 bridgehead atoms. The third-order valence-corrected chi connectivity index (χ3v) is 3.11. The molecule has 1 aliphatic rings. The highest BCUT2D eigenvalue weighted by molar-refractivity contribution is 5.94. The average Bonchev–Trinajstić information content (AvgIpc) is 2.82. The fourth-order valence-electron chi connectivity index (χ4n) is 2.17. The van der Waals surface area contributed by atoms with Crippen molar-refractivity contribution in [3.63, 3.8) is 0 Å². The zero-order valence-electron chi connectivity index (χ0n) is 10.4. The number of aliphatic hydroxyl groups is 1. The normalized spacial score (nSPS) is 18.3. The van der Waals surface area contributed by atoms with Gasteiger partial charge >= 0.3 is 0 Å². The van der Waals surface area contributed by atoms with Crippen LogP contribution in [-0.4, -0.2) is 40.1 Å². The number of pyridine rings is 1. The Morgan fingerprint density at radius 3 is 3.11 bits per heavy atom. The van der Waals surface area contributed by atoms with Crippen LogP contribution in [0.3, 0.4) is 0 Å². The van der Waals surface area contributed by atoms with E-state index in [0.717, 1.165) is 19.4 Å². The molecule has 2 heterocycles. The molecule has 0 aliphatic carbocycles. The molecule has 4 heteroatoms. The SMILES string of the molecule is CC1CCCN1C(=O)c1cncc(C#CCO)c1. The van der Waals surface area contributed by atoms with Gasteiger partial charge in [0.1, 0.15) is 6.61 Å². The maximum Gasteiger partial charge on any atom is 0.255 e. The van der Waals surface area contributed by atoms with Crippen LogP contribution in [0.25, 0.3) is 0 Å². The standard InChI is InChI=1S/C14H16N2O2/c1-11-4-2-6-16(11)14(18)13-8-12(5-3-7-17)9-15-10-13/h8-11,17H,2,4,6-7H2,1H3. The van der Waals surface area contributed by atoms with E-state index >= 15 is 0 Å². The second-order valence-electron chi connectivity index (χ2n) is 4.41. The minimum atomic E-state index is -0.193. The van der Waals surface area contributed by atoms with E-state index in [-0.39, 0.29) is 12.5 Å². The highest BCUT2D eigenvalue weighted by Crippen LogP contribution is 2.19. The first-order valence-corrected chi connectivity index (χ1v) is 6.08. The molecule has 94 valence electrons. The summed E-state index contributed by atoms with van der Waals surface area (Å²) in [5.41, 5.74) is 1.22. The molecule has 4 nitrogen and oxygen atoms in total. The lowest BCUT2D eigenvalue weighted by atomic mass is 10.1. The molecule has 1 atom stereocenters. The van der Waals surface area contributed by atoms with Gasteiger partial charge in [0.2, 0.25) is 0 Å². The summed E-state index contributed by atoms with van der Waals surface area (Å²) < 4.78 is 0. The Labute approximate surface area is 107 Å². The van der Waals surface area contributed by atoms with Gasteiger partial charge in [-0.25, -0.2) is 0 Å². The van der Waals surface area contributed by atoms with E-state index in [9.17, 15) is 4.79 Å². The molecule has 0 saturated carbocycles. The first-order valence-electron chi connectivity index (χ1n) is 6.08. The number of carbonyl (C=O) groups is 1. The van der Waals surface area contributed by atoms with Crippen molar-refractivity contribution < 1.29 is 9.90 Å². The summed E-state index contributed by atoms with van der Waals surface area (Å²) in [5.74, 6) is 5.32. The number of aromatic nitrogens is 1. The molecule has 0 radical (unpaired) electrons. The molecular weight excluding hydrogens is 228 g/mol. The monoisotopic (exact) mass is 244 g/mol. The van der Waals surface area contributed by atoms with Crippen molar-refractivity contribution in [3.8, 4) is 11.8 Å². The summed E-state index contributed by atoms with van der Waals surface area (Å²) in [6.07, 6.45) is 5.28. The van der Waals surface area contributed by atoms with Crippen LogP contribution in [0.4, 0.5) is 0 Å². The Hall–Kier alpha value is -1.86. The fraction of sp³-hybridized carbons (Fsp3) is 0.429. The number of aliphatic hydroxyl groups excluding tert-OH is 1. The van der Waals surface area contributed by atoms with Crippen LogP contribution >= 0.6 is 0 Å². The molecule has 0 aromatic carbocycles. The first kappa shape index (κ1) is 12.6. The van der Waals surface area contributed by atoms with Crippen LogP contribution < -0.4 is 0 Å². The van der Waals surface area contributed by atoms with Gasteiger partial charge in [-0.05, 0) is 25.8 Å². The van der Waals surface area contributed by atoms with E-state index in [2.05, 4.69) is 23.7 Å². The summed E-state index contributed by atoms with van der Waals surface area (Å²) in [6, 6.07) is 2.02. The first-order chi connectivity index (χ1) is 8.72. The third kappa shape index (κ3) is 2.69. The van der Waals surface area contributed by atoms with Crippen molar-refractivity contribution in [1.82, 2.24) is 9.88 Å². The maximum atomic E-state index is 12.3. The fourth-order valence-corrected chi connectivity index (χ4v) is 2.17. The van der Waals surface area contributed by atoms with Crippen LogP contribution in [0, 0.1) is 11.8 Å². The van der Waals surface area contributed by atoms with E-state index < -0.39 is 0 Å². The molecule has 1 unspecified atom stereocenters. The van der Waals surface area contributed by atoms with E-state index in [1.807, 2.05) is 4.90 Å². The number of carbonyl (C=O) groups excluding carboxylic acids is 1. The van der Waals surface area contributed by atoms with Crippen molar-refractivity contribution in [2.75, 3.05) is 13.2 Å². The Balaban J connectivity index is 2.20. The summed E-state index contributed by atoms with van der Waals surface area (Å²) >= 11 is 0. The van der Waals surface area contributed by atoms with Crippen LogP contribution in [0.15, 0.2) is 18.5 Å². The molecule has 1 aromatic rings. The molecule has 2 rings (SSSR count). The highest BCUT2D eigenvalue weighted by Gasteiger charge is 2.26. The number of rotatable bonds is 1. The number of hydrogen-bond acceptors (Lipinski definition) is 3. The number of likely N-dealkylation sites (tertiary alicyclic amines) is 1. The maximum absolute atomic E-state index is 12.3. The summed E-state index contributed by atoms with van der Waals surface area (Å²) in [4.78, 5) is 18.2. The summed E-state index contributed by atoms with van der Waals surface area (Å²) in [7, 11) is 0. The Kier molecular flexibility index (Phi) is 3.96. The second-order valence-corrected chi connectivity index (χ2v) is 4.41. The highest BCUT2D eigenvalue weighted by atomic mass is 16.2. The minimum absolute atomic E-state index is 0.0140. The second kappa shape index (κ2) is 5.65. The molecule has 1 saturated heterocycles. The average molecular weight is 244 g/mol. The van der Waals surface area contributed by atoms with Gasteiger partial charge < -0.3 is 10.0 Å². The van der Waals surface area contributed by atoms with E-state index in [0.29, 0.717) is 17.2 Å².